The fourth-order valence-corrected chi connectivity index (χ4v) is 4.29. The first-order valence-corrected chi connectivity index (χ1v) is 9.91. The summed E-state index contributed by atoms with van der Waals surface area (Å²) in [4.78, 5) is 26.2. The monoisotopic (exact) mass is 428 g/mol. The molecule has 6 nitrogen and oxygen atoms in total. The van der Waals surface area contributed by atoms with Gasteiger partial charge in [0.05, 0.1) is 31.1 Å². The number of methoxy groups -OCH3 is 2. The lowest BCUT2D eigenvalue weighted by molar-refractivity contribution is -0.310. The van der Waals surface area contributed by atoms with Crippen molar-refractivity contribution >= 4 is 46.3 Å². The summed E-state index contributed by atoms with van der Waals surface area (Å²) in [5, 5.41) is 11.8. The molecule has 0 unspecified atom stereocenters. The number of carboxylic acids is 1. The molecule has 150 valence electrons. The molecule has 0 aliphatic carbocycles. The van der Waals surface area contributed by atoms with E-state index in [9.17, 15) is 14.7 Å². The third-order valence-corrected chi connectivity index (χ3v) is 5.74. The van der Waals surface area contributed by atoms with Crippen molar-refractivity contribution in [2.45, 2.75) is 12.5 Å². The zero-order valence-corrected chi connectivity index (χ0v) is 17.4. The van der Waals surface area contributed by atoms with E-state index < -0.39 is 17.9 Å². The van der Waals surface area contributed by atoms with Crippen molar-refractivity contribution in [1.29, 1.82) is 0 Å². The minimum absolute atomic E-state index is 0.106. The molecule has 1 atom stereocenters. The van der Waals surface area contributed by atoms with Gasteiger partial charge in [-0.15, -0.1) is 0 Å². The van der Waals surface area contributed by atoms with Crippen LogP contribution in [0.5, 0.6) is 11.5 Å². The van der Waals surface area contributed by atoms with E-state index >= 15 is 0 Å². The third-order valence-electron chi connectivity index (χ3n) is 4.41. The van der Waals surface area contributed by atoms with Crippen LogP contribution in [0.2, 0.25) is 0 Å². The molecule has 0 saturated carbocycles. The number of amides is 1. The largest absolute Gasteiger partial charge is 0.548 e. The molecular formula is C21H18NO5S2-. The Labute approximate surface area is 178 Å². The highest BCUT2D eigenvalue weighted by Crippen LogP contribution is 2.36. The molecule has 3 rings (SSSR count). The zero-order valence-electron chi connectivity index (χ0n) is 15.8. The van der Waals surface area contributed by atoms with E-state index in [1.54, 1.807) is 43.5 Å². The number of benzene rings is 2. The van der Waals surface area contributed by atoms with Crippen LogP contribution >= 0.6 is 24.0 Å². The summed E-state index contributed by atoms with van der Waals surface area (Å²) >= 11 is 6.36. The maximum atomic E-state index is 13.0. The standard InChI is InChI=1S/C21H19NO5S2/c1-26-15-9-8-14(17(12-15)27-2)11-18-19(23)22(21(28)29-18)16(20(24)25)10-13-6-4-3-5-7-13/h3-9,11-12,16H,10H2,1-2H3,(H,24,25)/p-1/b18-11-/t16-/m0/s1. The summed E-state index contributed by atoms with van der Waals surface area (Å²) in [5.41, 5.74) is 1.43. The first kappa shape index (κ1) is 20.9. The second-order valence-electron chi connectivity index (χ2n) is 6.18. The quantitative estimate of drug-likeness (QED) is 0.494. The second-order valence-corrected chi connectivity index (χ2v) is 7.86. The molecule has 0 N–H and O–H groups in total. The molecule has 0 radical (unpaired) electrons. The smallest absolute Gasteiger partial charge is 0.266 e. The molecule has 0 spiro atoms. The van der Waals surface area contributed by atoms with Crippen LogP contribution < -0.4 is 14.6 Å². The van der Waals surface area contributed by atoms with E-state index in [0.29, 0.717) is 22.0 Å². The molecule has 1 aliphatic rings. The number of thiocarbonyl (C=S) groups is 1. The molecule has 1 fully saturated rings. The number of carbonyl (C=O) groups excluding carboxylic acids is 2. The van der Waals surface area contributed by atoms with Crippen molar-refractivity contribution in [1.82, 2.24) is 4.90 Å². The molecule has 2 aromatic rings. The van der Waals surface area contributed by atoms with Gasteiger partial charge in [0.1, 0.15) is 15.8 Å². The molecule has 1 aliphatic heterocycles. The Bertz CT molecular complexity index is 974. The summed E-state index contributed by atoms with van der Waals surface area (Å²) < 4.78 is 10.7. The van der Waals surface area contributed by atoms with Gasteiger partial charge in [0.15, 0.2) is 0 Å². The van der Waals surface area contributed by atoms with Crippen molar-refractivity contribution in [3.63, 3.8) is 0 Å². The number of hydrogen-bond donors (Lipinski definition) is 0. The van der Waals surface area contributed by atoms with Gasteiger partial charge in [-0.25, -0.2) is 0 Å². The highest BCUT2D eigenvalue weighted by molar-refractivity contribution is 8.26. The molecule has 29 heavy (non-hydrogen) atoms. The number of ether oxygens (including phenoxy) is 2. The molecular weight excluding hydrogens is 410 g/mol. The van der Waals surface area contributed by atoms with Crippen LogP contribution in [0.25, 0.3) is 6.08 Å². The van der Waals surface area contributed by atoms with Crippen molar-refractivity contribution < 1.29 is 24.2 Å². The van der Waals surface area contributed by atoms with Gasteiger partial charge >= 0.3 is 0 Å². The van der Waals surface area contributed by atoms with Crippen LogP contribution in [-0.2, 0) is 16.0 Å². The molecule has 1 saturated heterocycles. The van der Waals surface area contributed by atoms with Gasteiger partial charge in [-0.05, 0) is 30.2 Å². The second kappa shape index (κ2) is 9.11. The Morgan fingerprint density at radius 2 is 1.93 bits per heavy atom. The zero-order chi connectivity index (χ0) is 21.0. The van der Waals surface area contributed by atoms with Crippen LogP contribution in [0.3, 0.4) is 0 Å². The summed E-state index contributed by atoms with van der Waals surface area (Å²) in [7, 11) is 3.07. The van der Waals surface area contributed by atoms with Gasteiger partial charge in [0.2, 0.25) is 0 Å². The number of carboxylic acid groups (broad SMARTS) is 1. The maximum absolute atomic E-state index is 13.0. The Balaban J connectivity index is 1.90. The Morgan fingerprint density at radius 3 is 2.55 bits per heavy atom. The van der Waals surface area contributed by atoms with E-state index in [1.807, 2.05) is 18.2 Å². The Morgan fingerprint density at radius 1 is 1.21 bits per heavy atom. The summed E-state index contributed by atoms with van der Waals surface area (Å²) in [6, 6.07) is 13.1. The van der Waals surface area contributed by atoms with E-state index in [1.165, 1.54) is 7.11 Å². The number of nitrogens with zero attached hydrogens (tertiary/aromatic N) is 1. The highest BCUT2D eigenvalue weighted by Gasteiger charge is 2.38. The van der Waals surface area contributed by atoms with Crippen molar-refractivity contribution in [2.24, 2.45) is 0 Å². The van der Waals surface area contributed by atoms with Gasteiger partial charge in [-0.1, -0.05) is 54.3 Å². The van der Waals surface area contributed by atoms with Crippen molar-refractivity contribution in [3.05, 3.63) is 64.6 Å². The first-order chi connectivity index (χ1) is 13.9. The van der Waals surface area contributed by atoms with Gasteiger partial charge in [0, 0.05) is 11.6 Å². The number of carbonyl (C=O) groups is 2. The van der Waals surface area contributed by atoms with E-state index in [2.05, 4.69) is 0 Å². The van der Waals surface area contributed by atoms with Gasteiger partial charge < -0.3 is 19.4 Å². The van der Waals surface area contributed by atoms with Crippen LogP contribution in [0.4, 0.5) is 0 Å². The van der Waals surface area contributed by atoms with Gasteiger partial charge in [-0.3, -0.25) is 9.69 Å². The first-order valence-electron chi connectivity index (χ1n) is 8.68. The predicted octanol–water partition coefficient (Wildman–Crippen LogP) is 2.27. The molecule has 0 bridgehead atoms. The van der Waals surface area contributed by atoms with E-state index in [0.717, 1.165) is 22.2 Å². The Hall–Kier alpha value is -2.84. The predicted molar refractivity (Wildman–Crippen MR) is 113 cm³/mol. The normalized spacial score (nSPS) is 16.2. The minimum Gasteiger partial charge on any atom is -0.548 e. The lowest BCUT2D eigenvalue weighted by Crippen LogP contribution is -2.51. The van der Waals surface area contributed by atoms with E-state index in [4.69, 9.17) is 21.7 Å². The molecule has 0 aromatic heterocycles. The minimum atomic E-state index is -1.35. The molecule has 2 aromatic carbocycles. The van der Waals surface area contributed by atoms with Crippen LogP contribution in [0.1, 0.15) is 11.1 Å². The average molecular weight is 429 g/mol. The van der Waals surface area contributed by atoms with Crippen molar-refractivity contribution in [2.75, 3.05) is 14.2 Å². The number of hydrogen-bond acceptors (Lipinski definition) is 7. The fraction of sp³-hybridized carbons (Fsp3) is 0.190. The lowest BCUT2D eigenvalue weighted by atomic mass is 10.0. The topological polar surface area (TPSA) is 78.9 Å². The average Bonchev–Trinajstić information content (AvgIpc) is 3.00. The summed E-state index contributed by atoms with van der Waals surface area (Å²) in [5.74, 6) is -0.682. The van der Waals surface area contributed by atoms with Crippen LogP contribution in [-0.4, -0.2) is 41.4 Å². The van der Waals surface area contributed by atoms with Gasteiger partial charge in [-0.2, -0.15) is 0 Å². The van der Waals surface area contributed by atoms with Crippen LogP contribution in [0, 0.1) is 0 Å². The molecule has 1 amide bonds. The lowest BCUT2D eigenvalue weighted by Gasteiger charge is -2.27. The van der Waals surface area contributed by atoms with Crippen molar-refractivity contribution in [3.8, 4) is 11.5 Å². The molecule has 8 heteroatoms. The highest BCUT2D eigenvalue weighted by atomic mass is 32.2. The summed E-state index contributed by atoms with van der Waals surface area (Å²) in [6.07, 6.45) is 1.74. The number of aliphatic carboxylic acids is 1. The number of rotatable bonds is 7. The third kappa shape index (κ3) is 4.60. The Kier molecular flexibility index (Phi) is 6.56. The van der Waals surface area contributed by atoms with Crippen LogP contribution in [0.15, 0.2) is 53.4 Å². The maximum Gasteiger partial charge on any atom is 0.266 e. The SMILES string of the molecule is COc1ccc(/C=C2\SC(=S)N([C@@H](Cc3ccccc3)C(=O)[O-])C2=O)c(OC)c1. The fourth-order valence-electron chi connectivity index (χ4n) is 2.94. The van der Waals surface area contributed by atoms with Gasteiger partial charge in [0.25, 0.3) is 5.91 Å². The summed E-state index contributed by atoms with van der Waals surface area (Å²) in [6.45, 7) is 0. The van der Waals surface area contributed by atoms with E-state index in [-0.39, 0.29) is 10.7 Å². The number of thioether (sulfide) groups is 1. The molecule has 1 heterocycles.